The van der Waals surface area contributed by atoms with Crippen molar-refractivity contribution in [1.29, 1.82) is 0 Å². The van der Waals surface area contributed by atoms with Crippen molar-refractivity contribution in [2.75, 3.05) is 11.5 Å². The van der Waals surface area contributed by atoms with E-state index in [0.717, 1.165) is 22.2 Å². The fourth-order valence-electron chi connectivity index (χ4n) is 1.76. The maximum atomic E-state index is 11.1. The summed E-state index contributed by atoms with van der Waals surface area (Å²) >= 11 is 3.62. The van der Waals surface area contributed by atoms with Gasteiger partial charge in [-0.25, -0.2) is 4.98 Å². The molecule has 0 aromatic carbocycles. The van der Waals surface area contributed by atoms with Gasteiger partial charge in [-0.2, -0.15) is 11.8 Å². The number of Topliss-reactive ketones (excluding diaryl/α,β-unsaturated/α-hetero) is 1. The normalized spacial score (nSPS) is 17.9. The number of thioether (sulfide) groups is 1. The smallest absolute Gasteiger partial charge is 0.171 e. The van der Waals surface area contributed by atoms with Gasteiger partial charge in [0.25, 0.3) is 0 Å². The van der Waals surface area contributed by atoms with Gasteiger partial charge in [-0.15, -0.1) is 11.3 Å². The molecule has 1 aliphatic heterocycles. The highest BCUT2D eigenvalue weighted by Gasteiger charge is 2.16. The molecule has 0 saturated carbocycles. The molecule has 0 unspecified atom stereocenters. The highest BCUT2D eigenvalue weighted by molar-refractivity contribution is 7.99. The molecule has 2 rings (SSSR count). The minimum atomic E-state index is 0.137. The molecule has 4 heteroatoms. The number of carbonyl (C=O) groups is 1. The van der Waals surface area contributed by atoms with Crippen molar-refractivity contribution in [3.05, 3.63) is 16.1 Å². The van der Waals surface area contributed by atoms with Gasteiger partial charge in [-0.3, -0.25) is 4.79 Å². The molecule has 82 valence electrons. The molecular weight excluding hydrogens is 226 g/mol. The number of thiazole rings is 1. The highest BCUT2D eigenvalue weighted by Crippen LogP contribution is 2.27. The second-order valence-electron chi connectivity index (χ2n) is 3.93. The average molecular weight is 241 g/mol. The molecule has 0 spiro atoms. The van der Waals surface area contributed by atoms with E-state index in [2.05, 4.69) is 4.98 Å². The summed E-state index contributed by atoms with van der Waals surface area (Å²) in [7, 11) is 0. The van der Waals surface area contributed by atoms with Crippen LogP contribution in [0.4, 0.5) is 0 Å². The number of aromatic nitrogens is 1. The van der Waals surface area contributed by atoms with Crippen LogP contribution >= 0.6 is 23.1 Å². The van der Waals surface area contributed by atoms with Crippen LogP contribution < -0.4 is 0 Å². The van der Waals surface area contributed by atoms with Crippen LogP contribution in [-0.4, -0.2) is 22.3 Å². The topological polar surface area (TPSA) is 30.0 Å². The first-order chi connectivity index (χ1) is 7.25. The molecule has 1 aliphatic rings. The lowest BCUT2D eigenvalue weighted by Crippen LogP contribution is -2.11. The van der Waals surface area contributed by atoms with Crippen molar-refractivity contribution in [2.24, 2.45) is 5.92 Å². The summed E-state index contributed by atoms with van der Waals surface area (Å²) < 4.78 is 0. The molecular formula is C11H15NOS2. The monoisotopic (exact) mass is 241 g/mol. The van der Waals surface area contributed by atoms with Crippen molar-refractivity contribution in [1.82, 2.24) is 4.98 Å². The molecule has 0 bridgehead atoms. The molecule has 1 saturated heterocycles. The predicted molar refractivity (Wildman–Crippen MR) is 65.9 cm³/mol. The summed E-state index contributed by atoms with van der Waals surface area (Å²) in [4.78, 5) is 16.2. The Morgan fingerprint density at radius 3 is 2.87 bits per heavy atom. The van der Waals surface area contributed by atoms with Crippen LogP contribution in [0.2, 0.25) is 0 Å². The van der Waals surface area contributed by atoms with Crippen LogP contribution in [0.1, 0.15) is 34.4 Å². The third-order valence-electron chi connectivity index (χ3n) is 2.70. The summed E-state index contributed by atoms with van der Waals surface area (Å²) in [6, 6.07) is 0. The molecule has 0 radical (unpaired) electrons. The summed E-state index contributed by atoms with van der Waals surface area (Å²) in [6.45, 7) is 1.61. The minimum Gasteiger partial charge on any atom is -0.294 e. The van der Waals surface area contributed by atoms with E-state index in [0.29, 0.717) is 0 Å². The van der Waals surface area contributed by atoms with E-state index in [4.69, 9.17) is 0 Å². The molecule has 0 amide bonds. The number of hydrogen-bond acceptors (Lipinski definition) is 4. The summed E-state index contributed by atoms with van der Waals surface area (Å²) in [5.41, 5.74) is 0. The van der Waals surface area contributed by atoms with Gasteiger partial charge in [0.1, 0.15) is 0 Å². The standard InChI is InChI=1S/C11H15NOS2/c1-8(13)10-7-12-11(15-10)6-9-2-4-14-5-3-9/h7,9H,2-6H2,1H3. The molecule has 1 fully saturated rings. The van der Waals surface area contributed by atoms with Gasteiger partial charge in [0.2, 0.25) is 0 Å². The van der Waals surface area contributed by atoms with E-state index >= 15 is 0 Å². The van der Waals surface area contributed by atoms with Crippen molar-refractivity contribution >= 4 is 28.9 Å². The van der Waals surface area contributed by atoms with Crippen LogP contribution in [0, 0.1) is 5.92 Å². The Balaban J connectivity index is 1.94. The Morgan fingerprint density at radius 2 is 2.27 bits per heavy atom. The van der Waals surface area contributed by atoms with E-state index in [1.54, 1.807) is 24.5 Å². The first-order valence-corrected chi connectivity index (χ1v) is 7.26. The number of hydrogen-bond donors (Lipinski definition) is 0. The second-order valence-corrected chi connectivity index (χ2v) is 6.27. The molecule has 2 heterocycles. The van der Waals surface area contributed by atoms with Crippen molar-refractivity contribution in [3.8, 4) is 0 Å². The molecule has 0 aliphatic carbocycles. The van der Waals surface area contributed by atoms with Crippen LogP contribution in [0.15, 0.2) is 6.20 Å². The van der Waals surface area contributed by atoms with Crippen LogP contribution in [0.25, 0.3) is 0 Å². The fourth-order valence-corrected chi connectivity index (χ4v) is 3.90. The minimum absolute atomic E-state index is 0.137. The maximum absolute atomic E-state index is 11.1. The maximum Gasteiger partial charge on any atom is 0.171 e. The number of nitrogens with zero attached hydrogens (tertiary/aromatic N) is 1. The third kappa shape index (κ3) is 3.05. The summed E-state index contributed by atoms with van der Waals surface area (Å²) in [5, 5.41) is 1.14. The van der Waals surface area contributed by atoms with E-state index in [1.807, 2.05) is 11.8 Å². The summed E-state index contributed by atoms with van der Waals surface area (Å²) in [6.07, 6.45) is 5.40. The third-order valence-corrected chi connectivity index (χ3v) is 4.87. The Morgan fingerprint density at radius 1 is 1.53 bits per heavy atom. The average Bonchev–Trinajstić information content (AvgIpc) is 2.68. The van der Waals surface area contributed by atoms with Crippen LogP contribution in [0.3, 0.4) is 0 Å². The molecule has 0 N–H and O–H groups in total. The Hall–Kier alpha value is -0.350. The van der Waals surface area contributed by atoms with Gasteiger partial charge in [0.05, 0.1) is 9.88 Å². The van der Waals surface area contributed by atoms with Gasteiger partial charge in [-0.05, 0) is 30.3 Å². The fraction of sp³-hybridized carbons (Fsp3) is 0.636. The van der Waals surface area contributed by atoms with Gasteiger partial charge in [-0.1, -0.05) is 0 Å². The lowest BCUT2D eigenvalue weighted by atomic mass is 9.99. The SMILES string of the molecule is CC(=O)c1cnc(CC2CCSCC2)s1. The van der Waals surface area contributed by atoms with E-state index in [1.165, 1.54) is 24.3 Å². The molecule has 15 heavy (non-hydrogen) atoms. The Labute approximate surface area is 98.5 Å². The largest absolute Gasteiger partial charge is 0.294 e. The predicted octanol–water partition coefficient (Wildman–Crippen LogP) is 3.03. The van der Waals surface area contributed by atoms with Crippen molar-refractivity contribution < 1.29 is 4.79 Å². The zero-order valence-corrected chi connectivity index (χ0v) is 10.5. The molecule has 1 aromatic heterocycles. The van der Waals surface area contributed by atoms with Crippen molar-refractivity contribution in [3.63, 3.8) is 0 Å². The van der Waals surface area contributed by atoms with Gasteiger partial charge in [0.15, 0.2) is 5.78 Å². The van der Waals surface area contributed by atoms with E-state index in [-0.39, 0.29) is 5.78 Å². The van der Waals surface area contributed by atoms with E-state index < -0.39 is 0 Å². The molecule has 1 aromatic rings. The van der Waals surface area contributed by atoms with Gasteiger partial charge >= 0.3 is 0 Å². The summed E-state index contributed by atoms with van der Waals surface area (Å²) in [5.74, 6) is 3.50. The first kappa shape index (κ1) is 11.1. The molecule has 0 atom stereocenters. The quantitative estimate of drug-likeness (QED) is 0.762. The van der Waals surface area contributed by atoms with Crippen molar-refractivity contribution in [2.45, 2.75) is 26.2 Å². The van der Waals surface area contributed by atoms with Gasteiger partial charge < -0.3 is 0 Å². The first-order valence-electron chi connectivity index (χ1n) is 5.29. The highest BCUT2D eigenvalue weighted by atomic mass is 32.2. The van der Waals surface area contributed by atoms with E-state index in [9.17, 15) is 4.79 Å². The van der Waals surface area contributed by atoms with Gasteiger partial charge in [0, 0.05) is 19.5 Å². The molecule has 2 nitrogen and oxygen atoms in total. The lowest BCUT2D eigenvalue weighted by Gasteiger charge is -2.19. The lowest BCUT2D eigenvalue weighted by molar-refractivity contribution is 0.102. The zero-order valence-electron chi connectivity index (χ0n) is 8.86. The van der Waals surface area contributed by atoms with Crippen LogP contribution in [-0.2, 0) is 6.42 Å². The second kappa shape index (κ2) is 5.12. The number of carbonyl (C=O) groups excluding carboxylic acids is 1. The zero-order chi connectivity index (χ0) is 10.7. The number of rotatable bonds is 3. The number of ketones is 1. The Kier molecular flexibility index (Phi) is 3.81. The van der Waals surface area contributed by atoms with Crippen LogP contribution in [0.5, 0.6) is 0 Å². The Bertz CT molecular complexity index is 342.